The number of ether oxygens (including phenoxy) is 1. The van der Waals surface area contributed by atoms with E-state index in [-0.39, 0.29) is 19.1 Å². The molecule has 0 aliphatic rings. The molecule has 1 aromatic carbocycles. The minimum absolute atomic E-state index is 0.0713. The first kappa shape index (κ1) is 15.9. The van der Waals surface area contributed by atoms with Crippen LogP contribution >= 0.6 is 12.6 Å². The summed E-state index contributed by atoms with van der Waals surface area (Å²) in [6, 6.07) is 9.53. The zero-order valence-corrected chi connectivity index (χ0v) is 11.3. The second-order valence-corrected chi connectivity index (χ2v) is 4.59. The molecule has 1 N–H and O–H groups in total. The Hall–Kier alpha value is -1.14. The number of halogens is 2. The molecule has 19 heavy (non-hydrogen) atoms. The molecule has 0 heterocycles. The molecule has 0 radical (unpaired) electrons. The fourth-order valence-corrected chi connectivity index (χ4v) is 1.77. The molecule has 106 valence electrons. The normalized spacial score (nSPS) is 12.4. The number of alkyl halides is 2. The molecule has 1 rings (SSSR count). The molecule has 0 aliphatic heterocycles. The minimum atomic E-state index is -2.48. The molecule has 1 unspecified atom stereocenters. The zero-order valence-electron chi connectivity index (χ0n) is 10.4. The number of thiol groups is 1. The molecule has 0 saturated carbocycles. The Morgan fingerprint density at radius 1 is 1.32 bits per heavy atom. The summed E-state index contributed by atoms with van der Waals surface area (Å²) in [7, 11) is 0. The van der Waals surface area contributed by atoms with Gasteiger partial charge in [0.1, 0.15) is 6.61 Å². The Morgan fingerprint density at radius 2 is 2.00 bits per heavy atom. The first-order valence-electron chi connectivity index (χ1n) is 5.95. The van der Waals surface area contributed by atoms with Crippen LogP contribution in [0.15, 0.2) is 30.3 Å². The van der Waals surface area contributed by atoms with Crippen molar-refractivity contribution in [3.8, 4) is 0 Å². The average Bonchev–Trinajstić information content (AvgIpc) is 2.38. The van der Waals surface area contributed by atoms with E-state index in [1.54, 1.807) is 0 Å². The second-order valence-electron chi connectivity index (χ2n) is 3.96. The fourth-order valence-electron chi connectivity index (χ4n) is 1.47. The van der Waals surface area contributed by atoms with Crippen LogP contribution in [0.25, 0.3) is 0 Å². The molecule has 1 aromatic rings. The highest BCUT2D eigenvalue weighted by molar-refractivity contribution is 7.81. The molecule has 0 aromatic heterocycles. The molecular formula is C13H17F2NO2S. The quantitative estimate of drug-likeness (QED) is 0.567. The number of carbonyl (C=O) groups is 1. The van der Waals surface area contributed by atoms with E-state index in [0.717, 1.165) is 5.56 Å². The van der Waals surface area contributed by atoms with Gasteiger partial charge < -0.3 is 10.1 Å². The third-order valence-electron chi connectivity index (χ3n) is 2.36. The van der Waals surface area contributed by atoms with Crippen molar-refractivity contribution in [1.29, 1.82) is 0 Å². The van der Waals surface area contributed by atoms with Gasteiger partial charge in [0.2, 0.25) is 5.91 Å². The molecule has 1 amide bonds. The first-order valence-corrected chi connectivity index (χ1v) is 6.47. The van der Waals surface area contributed by atoms with Crippen LogP contribution in [-0.2, 0) is 16.0 Å². The number of rotatable bonds is 8. The Bertz CT molecular complexity index is 376. The molecule has 6 heteroatoms. The standard InChI is InChI=1S/C13H17F2NO2S/c14-12(15)9-18-7-6-16-13(17)11(19)8-10-4-2-1-3-5-10/h1-5,11-12,19H,6-9H2,(H,16,17). The van der Waals surface area contributed by atoms with Crippen LogP contribution in [0.2, 0.25) is 0 Å². The number of hydrogen-bond acceptors (Lipinski definition) is 3. The number of nitrogens with one attached hydrogen (secondary N) is 1. The SMILES string of the molecule is O=C(NCCOCC(F)F)C(S)Cc1ccccc1. The summed E-state index contributed by atoms with van der Waals surface area (Å²) >= 11 is 4.22. The summed E-state index contributed by atoms with van der Waals surface area (Å²) in [4.78, 5) is 11.7. The van der Waals surface area contributed by atoms with Gasteiger partial charge in [-0.15, -0.1) is 0 Å². The smallest absolute Gasteiger partial charge is 0.261 e. The summed E-state index contributed by atoms with van der Waals surface area (Å²) < 4.78 is 28.2. The Morgan fingerprint density at radius 3 is 2.63 bits per heavy atom. The summed E-state index contributed by atoms with van der Waals surface area (Å²) in [5, 5.41) is 2.13. The van der Waals surface area contributed by atoms with Crippen LogP contribution in [0, 0.1) is 0 Å². The summed E-state index contributed by atoms with van der Waals surface area (Å²) in [5.74, 6) is -0.229. The Balaban J connectivity index is 2.18. The lowest BCUT2D eigenvalue weighted by Gasteiger charge is -2.11. The van der Waals surface area contributed by atoms with E-state index in [9.17, 15) is 13.6 Å². The Labute approximate surface area is 116 Å². The first-order chi connectivity index (χ1) is 9.09. The van der Waals surface area contributed by atoms with E-state index in [1.165, 1.54) is 0 Å². The monoisotopic (exact) mass is 289 g/mol. The van der Waals surface area contributed by atoms with Crippen molar-refractivity contribution in [3.05, 3.63) is 35.9 Å². The van der Waals surface area contributed by atoms with Crippen molar-refractivity contribution in [2.45, 2.75) is 18.1 Å². The third kappa shape index (κ3) is 7.12. The van der Waals surface area contributed by atoms with Gasteiger partial charge >= 0.3 is 0 Å². The molecule has 3 nitrogen and oxygen atoms in total. The zero-order chi connectivity index (χ0) is 14.1. The maximum Gasteiger partial charge on any atom is 0.261 e. The van der Waals surface area contributed by atoms with Gasteiger partial charge in [-0.05, 0) is 12.0 Å². The maximum absolute atomic E-state index is 11.8. The lowest BCUT2D eigenvalue weighted by Crippen LogP contribution is -2.35. The predicted octanol–water partition coefficient (Wildman–Crippen LogP) is 1.93. The van der Waals surface area contributed by atoms with E-state index in [1.807, 2.05) is 30.3 Å². The van der Waals surface area contributed by atoms with Gasteiger partial charge in [-0.2, -0.15) is 12.6 Å². The highest BCUT2D eigenvalue weighted by atomic mass is 32.1. The molecule has 0 saturated heterocycles. The van der Waals surface area contributed by atoms with E-state index in [0.29, 0.717) is 6.42 Å². The van der Waals surface area contributed by atoms with Crippen molar-refractivity contribution < 1.29 is 18.3 Å². The maximum atomic E-state index is 11.8. The van der Waals surface area contributed by atoms with Crippen molar-refractivity contribution >= 4 is 18.5 Å². The van der Waals surface area contributed by atoms with Crippen LogP contribution in [0.3, 0.4) is 0 Å². The highest BCUT2D eigenvalue weighted by Crippen LogP contribution is 2.07. The number of hydrogen-bond donors (Lipinski definition) is 2. The van der Waals surface area contributed by atoms with Crippen molar-refractivity contribution in [2.75, 3.05) is 19.8 Å². The fraction of sp³-hybridized carbons (Fsp3) is 0.462. The number of benzene rings is 1. The van der Waals surface area contributed by atoms with Crippen LogP contribution in [0.4, 0.5) is 8.78 Å². The molecular weight excluding hydrogens is 272 g/mol. The van der Waals surface area contributed by atoms with Crippen LogP contribution < -0.4 is 5.32 Å². The van der Waals surface area contributed by atoms with Gasteiger partial charge in [-0.1, -0.05) is 30.3 Å². The van der Waals surface area contributed by atoms with Crippen molar-refractivity contribution in [2.24, 2.45) is 0 Å². The minimum Gasteiger partial charge on any atom is -0.374 e. The third-order valence-corrected chi connectivity index (χ3v) is 2.78. The largest absolute Gasteiger partial charge is 0.374 e. The van der Waals surface area contributed by atoms with E-state index >= 15 is 0 Å². The van der Waals surface area contributed by atoms with Gasteiger partial charge in [0, 0.05) is 6.54 Å². The number of carbonyl (C=O) groups excluding carboxylic acids is 1. The van der Waals surface area contributed by atoms with Crippen LogP contribution in [0.5, 0.6) is 0 Å². The topological polar surface area (TPSA) is 38.3 Å². The average molecular weight is 289 g/mol. The summed E-state index contributed by atoms with van der Waals surface area (Å²) in [5.41, 5.74) is 1.02. The summed E-state index contributed by atoms with van der Waals surface area (Å²) in [6.45, 7) is -0.330. The summed E-state index contributed by atoms with van der Waals surface area (Å²) in [6.07, 6.45) is -1.96. The van der Waals surface area contributed by atoms with Gasteiger partial charge in [0.05, 0.1) is 11.9 Å². The number of amides is 1. The van der Waals surface area contributed by atoms with Crippen molar-refractivity contribution in [1.82, 2.24) is 5.32 Å². The lowest BCUT2D eigenvalue weighted by molar-refractivity contribution is -0.120. The van der Waals surface area contributed by atoms with Crippen LogP contribution in [-0.4, -0.2) is 37.3 Å². The van der Waals surface area contributed by atoms with Crippen molar-refractivity contribution in [3.63, 3.8) is 0 Å². The van der Waals surface area contributed by atoms with Gasteiger partial charge in [0.15, 0.2) is 0 Å². The van der Waals surface area contributed by atoms with Gasteiger partial charge in [0.25, 0.3) is 6.43 Å². The molecule has 0 aliphatic carbocycles. The van der Waals surface area contributed by atoms with Gasteiger partial charge in [-0.3, -0.25) is 4.79 Å². The molecule has 0 bridgehead atoms. The molecule has 0 fully saturated rings. The predicted molar refractivity (Wildman–Crippen MR) is 72.8 cm³/mol. The lowest BCUT2D eigenvalue weighted by atomic mass is 10.1. The van der Waals surface area contributed by atoms with Gasteiger partial charge in [-0.25, -0.2) is 8.78 Å². The van der Waals surface area contributed by atoms with E-state index in [4.69, 9.17) is 0 Å². The highest BCUT2D eigenvalue weighted by Gasteiger charge is 2.13. The molecule has 0 spiro atoms. The molecule has 1 atom stereocenters. The second kappa shape index (κ2) is 8.87. The van der Waals surface area contributed by atoms with E-state index < -0.39 is 18.3 Å². The Kier molecular flexibility index (Phi) is 7.43. The van der Waals surface area contributed by atoms with E-state index in [2.05, 4.69) is 22.7 Å². The van der Waals surface area contributed by atoms with Crippen LogP contribution in [0.1, 0.15) is 5.56 Å².